The minimum absolute atomic E-state index is 0.00829. The number of pyridine rings is 1. The van der Waals surface area contributed by atoms with Gasteiger partial charge >= 0.3 is 6.18 Å². The molecule has 27 heavy (non-hydrogen) atoms. The fourth-order valence-electron chi connectivity index (χ4n) is 2.91. The largest absolute Gasteiger partial charge is 0.417 e. The number of carbonyl (C=O) groups is 2. The quantitative estimate of drug-likeness (QED) is 0.571. The Morgan fingerprint density at radius 1 is 0.926 bits per heavy atom. The second-order valence-corrected chi connectivity index (χ2v) is 6.49. The fraction of sp³-hybridized carbons (Fsp3) is 0.278. The van der Waals surface area contributed by atoms with Gasteiger partial charge in [-0.2, -0.15) is 13.2 Å². The van der Waals surface area contributed by atoms with Crippen LogP contribution in [0.15, 0.2) is 41.3 Å². The Balaban J connectivity index is 1.63. The van der Waals surface area contributed by atoms with Crippen LogP contribution in [0.25, 0.3) is 0 Å². The zero-order valence-electron chi connectivity index (χ0n) is 13.9. The first-order valence-electron chi connectivity index (χ1n) is 8.12. The maximum atomic E-state index is 12.8. The highest BCUT2D eigenvalue weighted by atomic mass is 35.5. The van der Waals surface area contributed by atoms with Crippen molar-refractivity contribution in [1.29, 1.82) is 0 Å². The molecule has 0 N–H and O–H groups in total. The van der Waals surface area contributed by atoms with E-state index in [0.717, 1.165) is 15.7 Å². The predicted molar refractivity (Wildman–Crippen MR) is 91.8 cm³/mol. The summed E-state index contributed by atoms with van der Waals surface area (Å²) < 4.78 is 39.4. The number of hydrogen-bond acceptors (Lipinski definition) is 3. The van der Waals surface area contributed by atoms with Crippen LogP contribution < -0.4 is 5.56 Å². The Kier molecular flexibility index (Phi) is 5.10. The number of carbonyl (C=O) groups excluding carboxylic acids is 2. The van der Waals surface area contributed by atoms with E-state index in [9.17, 15) is 27.6 Å². The Labute approximate surface area is 157 Å². The molecule has 1 aromatic heterocycles. The van der Waals surface area contributed by atoms with E-state index in [2.05, 4.69) is 0 Å². The number of halogens is 4. The lowest BCUT2D eigenvalue weighted by Gasteiger charge is -2.15. The van der Waals surface area contributed by atoms with Crippen molar-refractivity contribution in [3.05, 3.63) is 68.6 Å². The number of amides is 2. The molecule has 0 fully saturated rings. The predicted octanol–water partition coefficient (Wildman–Crippen LogP) is 3.60. The van der Waals surface area contributed by atoms with Crippen molar-refractivity contribution < 1.29 is 22.8 Å². The zero-order valence-corrected chi connectivity index (χ0v) is 14.7. The third-order valence-corrected chi connectivity index (χ3v) is 4.55. The standard InChI is InChI=1S/C18H14ClF3N2O3/c19-14-9-11(18(20,21)22)10-23(17(14)27)7-3-4-8-24-15(25)12-5-1-2-6-13(12)16(24)26/h1-2,5-6,9-10H,3-4,7-8H2. The van der Waals surface area contributed by atoms with Crippen LogP contribution in [0.2, 0.25) is 5.02 Å². The second-order valence-electron chi connectivity index (χ2n) is 6.09. The van der Waals surface area contributed by atoms with Crippen LogP contribution in [-0.4, -0.2) is 27.8 Å². The Bertz CT molecular complexity index is 934. The average molecular weight is 399 g/mol. The van der Waals surface area contributed by atoms with Gasteiger partial charge in [0.2, 0.25) is 0 Å². The van der Waals surface area contributed by atoms with E-state index < -0.39 is 34.1 Å². The summed E-state index contributed by atoms with van der Waals surface area (Å²) in [5, 5.41) is -0.509. The first kappa shape index (κ1) is 19.2. The van der Waals surface area contributed by atoms with Crippen LogP contribution in [0.4, 0.5) is 13.2 Å². The normalized spacial score (nSPS) is 14.0. The summed E-state index contributed by atoms with van der Waals surface area (Å²) in [5.41, 5.74) is -1.05. The van der Waals surface area contributed by atoms with Crippen LogP contribution in [0.5, 0.6) is 0 Å². The third kappa shape index (κ3) is 3.75. The number of nitrogens with zero attached hydrogens (tertiary/aromatic N) is 2. The fourth-order valence-corrected chi connectivity index (χ4v) is 3.14. The second kappa shape index (κ2) is 7.19. The van der Waals surface area contributed by atoms with Gasteiger partial charge in [0.25, 0.3) is 17.4 Å². The Hall–Kier alpha value is -2.61. The Morgan fingerprint density at radius 3 is 2.04 bits per heavy atom. The smallest absolute Gasteiger partial charge is 0.314 e. The van der Waals surface area contributed by atoms with Crippen LogP contribution in [0.3, 0.4) is 0 Å². The third-order valence-electron chi connectivity index (χ3n) is 4.28. The minimum Gasteiger partial charge on any atom is -0.314 e. The summed E-state index contributed by atoms with van der Waals surface area (Å²) in [5.74, 6) is -0.787. The molecule has 9 heteroatoms. The molecule has 1 aromatic carbocycles. The lowest BCUT2D eigenvalue weighted by atomic mass is 10.1. The van der Waals surface area contributed by atoms with Crippen LogP contribution in [0, 0.1) is 0 Å². The first-order chi connectivity index (χ1) is 12.7. The molecule has 142 valence electrons. The lowest BCUT2D eigenvalue weighted by Crippen LogP contribution is -2.31. The Morgan fingerprint density at radius 2 is 1.48 bits per heavy atom. The number of imide groups is 1. The molecule has 0 radical (unpaired) electrons. The SMILES string of the molecule is O=C1c2ccccc2C(=O)N1CCCCn1cc(C(F)(F)F)cc(Cl)c1=O. The van der Waals surface area contributed by atoms with E-state index >= 15 is 0 Å². The maximum absolute atomic E-state index is 12.8. The van der Waals surface area contributed by atoms with Gasteiger partial charge in [-0.05, 0) is 31.0 Å². The number of benzene rings is 1. The van der Waals surface area contributed by atoms with Gasteiger partial charge in [-0.25, -0.2) is 0 Å². The van der Waals surface area contributed by atoms with Crippen molar-refractivity contribution in [2.24, 2.45) is 0 Å². The summed E-state index contributed by atoms with van der Waals surface area (Å²) in [6.07, 6.45) is -3.26. The topological polar surface area (TPSA) is 59.4 Å². The summed E-state index contributed by atoms with van der Waals surface area (Å²) >= 11 is 5.60. The van der Waals surface area contributed by atoms with Crippen molar-refractivity contribution in [1.82, 2.24) is 9.47 Å². The van der Waals surface area contributed by atoms with E-state index in [-0.39, 0.29) is 13.1 Å². The van der Waals surface area contributed by atoms with Gasteiger partial charge in [0.15, 0.2) is 0 Å². The van der Waals surface area contributed by atoms with Crippen molar-refractivity contribution in [2.45, 2.75) is 25.6 Å². The molecule has 0 saturated heterocycles. The van der Waals surface area contributed by atoms with E-state index in [1.165, 1.54) is 0 Å². The van der Waals surface area contributed by atoms with E-state index in [0.29, 0.717) is 30.0 Å². The number of aryl methyl sites for hydroxylation is 1. The molecular weight excluding hydrogens is 385 g/mol. The molecule has 0 spiro atoms. The summed E-state index contributed by atoms with van der Waals surface area (Å²) in [4.78, 5) is 37.5. The van der Waals surface area contributed by atoms with Gasteiger partial charge < -0.3 is 4.57 Å². The van der Waals surface area contributed by atoms with Gasteiger partial charge in [-0.1, -0.05) is 23.7 Å². The number of rotatable bonds is 5. The number of alkyl halides is 3. The highest BCUT2D eigenvalue weighted by Gasteiger charge is 2.34. The molecule has 0 saturated carbocycles. The van der Waals surface area contributed by atoms with Crippen molar-refractivity contribution >= 4 is 23.4 Å². The molecule has 0 unspecified atom stereocenters. The summed E-state index contributed by atoms with van der Waals surface area (Å²) in [7, 11) is 0. The van der Waals surface area contributed by atoms with Crippen LogP contribution in [0.1, 0.15) is 39.1 Å². The van der Waals surface area contributed by atoms with Crippen molar-refractivity contribution in [2.75, 3.05) is 6.54 Å². The van der Waals surface area contributed by atoms with Crippen molar-refractivity contribution in [3.63, 3.8) is 0 Å². The highest BCUT2D eigenvalue weighted by Crippen LogP contribution is 2.29. The van der Waals surface area contributed by atoms with Crippen LogP contribution in [-0.2, 0) is 12.7 Å². The van der Waals surface area contributed by atoms with E-state index in [4.69, 9.17) is 11.6 Å². The van der Waals surface area contributed by atoms with Crippen LogP contribution >= 0.6 is 11.6 Å². The lowest BCUT2D eigenvalue weighted by molar-refractivity contribution is -0.138. The molecule has 0 atom stereocenters. The van der Waals surface area contributed by atoms with Gasteiger partial charge in [-0.3, -0.25) is 19.3 Å². The molecule has 3 rings (SSSR count). The first-order valence-corrected chi connectivity index (χ1v) is 8.50. The average Bonchev–Trinajstić information content (AvgIpc) is 2.86. The maximum Gasteiger partial charge on any atom is 0.417 e. The molecular formula is C18H14ClF3N2O3. The summed E-state index contributed by atoms with van der Waals surface area (Å²) in [6, 6.07) is 7.06. The molecule has 1 aliphatic heterocycles. The van der Waals surface area contributed by atoms with E-state index in [1.807, 2.05) is 0 Å². The molecule has 0 aliphatic carbocycles. The van der Waals surface area contributed by atoms with Gasteiger partial charge in [-0.15, -0.1) is 0 Å². The number of aromatic nitrogens is 1. The molecule has 2 aromatic rings. The number of hydrogen-bond donors (Lipinski definition) is 0. The summed E-state index contributed by atoms with van der Waals surface area (Å²) in [6.45, 7) is 0.111. The molecule has 2 amide bonds. The number of fused-ring (bicyclic) bond motifs is 1. The molecule has 2 heterocycles. The molecule has 5 nitrogen and oxygen atoms in total. The number of unbranched alkanes of at least 4 members (excludes halogenated alkanes) is 1. The molecule has 1 aliphatic rings. The highest BCUT2D eigenvalue weighted by molar-refractivity contribution is 6.30. The molecule has 0 bridgehead atoms. The van der Waals surface area contributed by atoms with Gasteiger partial charge in [0, 0.05) is 19.3 Å². The van der Waals surface area contributed by atoms with Crippen molar-refractivity contribution in [3.8, 4) is 0 Å². The van der Waals surface area contributed by atoms with E-state index in [1.54, 1.807) is 24.3 Å². The monoisotopic (exact) mass is 398 g/mol. The minimum atomic E-state index is -4.61. The zero-order chi connectivity index (χ0) is 19.8. The van der Waals surface area contributed by atoms with Gasteiger partial charge in [0.05, 0.1) is 16.7 Å². The van der Waals surface area contributed by atoms with Gasteiger partial charge in [0.1, 0.15) is 5.02 Å².